The van der Waals surface area contributed by atoms with Crippen LogP contribution < -0.4 is 0 Å². The van der Waals surface area contributed by atoms with Crippen molar-refractivity contribution in [2.45, 2.75) is 30.8 Å². The Morgan fingerprint density at radius 2 is 1.77 bits per heavy atom. The summed E-state index contributed by atoms with van der Waals surface area (Å²) >= 11 is 1.74. The molecule has 112 valence electrons. The summed E-state index contributed by atoms with van der Waals surface area (Å²) in [5.41, 5.74) is 2.34. The minimum atomic E-state index is 0.334. The Bertz CT molecular complexity index is 725. The van der Waals surface area contributed by atoms with Gasteiger partial charge < -0.3 is 4.57 Å². The molecule has 1 aromatic carbocycles. The van der Waals surface area contributed by atoms with Crippen molar-refractivity contribution < 1.29 is 0 Å². The molecule has 2 heterocycles. The van der Waals surface area contributed by atoms with E-state index in [9.17, 15) is 0 Å². The molecule has 1 atom stereocenters. The van der Waals surface area contributed by atoms with Gasteiger partial charge in [0.05, 0.1) is 0 Å². The second kappa shape index (κ2) is 6.75. The first-order valence-corrected chi connectivity index (χ1v) is 8.22. The van der Waals surface area contributed by atoms with E-state index in [0.29, 0.717) is 5.25 Å². The van der Waals surface area contributed by atoms with E-state index < -0.39 is 0 Å². The molecule has 0 fully saturated rings. The van der Waals surface area contributed by atoms with Crippen LogP contribution in [0.4, 0.5) is 0 Å². The summed E-state index contributed by atoms with van der Waals surface area (Å²) in [6, 6.07) is 14.4. The highest BCUT2D eigenvalue weighted by Crippen LogP contribution is 2.35. The predicted octanol–water partition coefficient (Wildman–Crippen LogP) is 4.21. The zero-order valence-corrected chi connectivity index (χ0v) is 13.5. The summed E-state index contributed by atoms with van der Waals surface area (Å²) in [4.78, 5) is 4.06. The highest BCUT2D eigenvalue weighted by molar-refractivity contribution is 7.99. The van der Waals surface area contributed by atoms with Crippen molar-refractivity contribution in [1.82, 2.24) is 19.7 Å². The number of rotatable bonds is 5. The first-order valence-electron chi connectivity index (χ1n) is 7.34. The molecule has 0 amide bonds. The summed E-state index contributed by atoms with van der Waals surface area (Å²) in [6.45, 7) is 5.15. The minimum Gasteiger partial charge on any atom is -0.302 e. The summed E-state index contributed by atoms with van der Waals surface area (Å²) in [5.74, 6) is 0.896. The lowest BCUT2D eigenvalue weighted by atomic mass is 10.2. The normalized spacial score (nSPS) is 12.3. The van der Waals surface area contributed by atoms with Gasteiger partial charge in [-0.15, -0.1) is 10.2 Å². The third kappa shape index (κ3) is 3.04. The molecular formula is C17H18N4S. The van der Waals surface area contributed by atoms with Crippen LogP contribution in [0.2, 0.25) is 0 Å². The van der Waals surface area contributed by atoms with Gasteiger partial charge in [0.25, 0.3) is 0 Å². The van der Waals surface area contributed by atoms with E-state index in [0.717, 1.165) is 23.1 Å². The summed E-state index contributed by atoms with van der Waals surface area (Å²) in [5, 5.41) is 10.0. The molecule has 0 bridgehead atoms. The fraction of sp³-hybridized carbons (Fsp3) is 0.235. The first kappa shape index (κ1) is 14.8. The monoisotopic (exact) mass is 310 g/mol. The fourth-order valence-electron chi connectivity index (χ4n) is 2.33. The average molecular weight is 310 g/mol. The number of thioether (sulfide) groups is 1. The van der Waals surface area contributed by atoms with Crippen molar-refractivity contribution in [2.75, 3.05) is 0 Å². The lowest BCUT2D eigenvalue weighted by molar-refractivity contribution is 0.685. The minimum absolute atomic E-state index is 0.334. The zero-order chi connectivity index (χ0) is 15.4. The van der Waals surface area contributed by atoms with Crippen molar-refractivity contribution in [3.05, 3.63) is 60.4 Å². The van der Waals surface area contributed by atoms with E-state index in [1.807, 2.05) is 18.2 Å². The molecule has 1 unspecified atom stereocenters. The standard InChI is InChI=1S/C17H18N4S/c1-3-21-16(15-9-11-18-12-10-15)19-20-17(21)22-13(2)14-7-5-4-6-8-14/h4-13H,3H2,1-2H3. The Hall–Kier alpha value is -2.14. The first-order chi connectivity index (χ1) is 10.8. The second-order valence-electron chi connectivity index (χ2n) is 4.96. The highest BCUT2D eigenvalue weighted by Gasteiger charge is 2.16. The van der Waals surface area contributed by atoms with E-state index in [2.05, 4.69) is 57.9 Å². The van der Waals surface area contributed by atoms with Crippen LogP contribution in [0.5, 0.6) is 0 Å². The molecule has 0 N–H and O–H groups in total. The van der Waals surface area contributed by atoms with Gasteiger partial charge in [0, 0.05) is 29.8 Å². The Morgan fingerprint density at radius 3 is 2.45 bits per heavy atom. The smallest absolute Gasteiger partial charge is 0.192 e. The van der Waals surface area contributed by atoms with Crippen LogP contribution in [0.25, 0.3) is 11.4 Å². The van der Waals surface area contributed by atoms with Crippen molar-refractivity contribution in [3.8, 4) is 11.4 Å². The quantitative estimate of drug-likeness (QED) is 0.662. The largest absolute Gasteiger partial charge is 0.302 e. The van der Waals surface area contributed by atoms with E-state index in [1.54, 1.807) is 24.2 Å². The van der Waals surface area contributed by atoms with Gasteiger partial charge in [0.1, 0.15) is 0 Å². The molecule has 0 saturated heterocycles. The summed E-state index contributed by atoms with van der Waals surface area (Å²) in [7, 11) is 0. The van der Waals surface area contributed by atoms with Crippen LogP contribution in [-0.2, 0) is 6.54 Å². The van der Waals surface area contributed by atoms with Crippen LogP contribution >= 0.6 is 11.8 Å². The van der Waals surface area contributed by atoms with Crippen LogP contribution in [0, 0.1) is 0 Å². The molecule has 5 heteroatoms. The Kier molecular flexibility index (Phi) is 4.53. The van der Waals surface area contributed by atoms with Gasteiger partial charge in [-0.2, -0.15) is 0 Å². The molecule has 22 heavy (non-hydrogen) atoms. The molecule has 3 aromatic rings. The number of hydrogen-bond acceptors (Lipinski definition) is 4. The SMILES string of the molecule is CCn1c(SC(C)c2ccccc2)nnc1-c1ccncc1. The molecule has 4 nitrogen and oxygen atoms in total. The number of benzene rings is 1. The van der Waals surface area contributed by atoms with Crippen LogP contribution in [0.15, 0.2) is 60.0 Å². The lowest BCUT2D eigenvalue weighted by Crippen LogP contribution is -2.01. The van der Waals surface area contributed by atoms with Crippen molar-refractivity contribution in [2.24, 2.45) is 0 Å². The van der Waals surface area contributed by atoms with Gasteiger partial charge in [0.2, 0.25) is 0 Å². The molecule has 0 radical (unpaired) electrons. The van der Waals surface area contributed by atoms with Gasteiger partial charge in [0.15, 0.2) is 11.0 Å². The summed E-state index contributed by atoms with van der Waals surface area (Å²) < 4.78 is 2.15. The molecular weight excluding hydrogens is 292 g/mol. The average Bonchev–Trinajstić information content (AvgIpc) is 2.99. The number of hydrogen-bond donors (Lipinski definition) is 0. The maximum Gasteiger partial charge on any atom is 0.192 e. The van der Waals surface area contributed by atoms with Gasteiger partial charge in [-0.3, -0.25) is 4.98 Å². The maximum atomic E-state index is 4.38. The Balaban J connectivity index is 1.88. The van der Waals surface area contributed by atoms with Crippen molar-refractivity contribution in [1.29, 1.82) is 0 Å². The third-order valence-corrected chi connectivity index (χ3v) is 4.66. The molecule has 0 saturated carbocycles. The van der Waals surface area contributed by atoms with Crippen molar-refractivity contribution >= 4 is 11.8 Å². The van der Waals surface area contributed by atoms with Crippen LogP contribution in [0.3, 0.4) is 0 Å². The molecule has 0 spiro atoms. The van der Waals surface area contributed by atoms with Gasteiger partial charge in [-0.05, 0) is 31.5 Å². The molecule has 0 aliphatic carbocycles. The number of aromatic nitrogens is 4. The Morgan fingerprint density at radius 1 is 1.05 bits per heavy atom. The summed E-state index contributed by atoms with van der Waals surface area (Å²) in [6.07, 6.45) is 3.56. The Labute approximate surface area is 134 Å². The second-order valence-corrected chi connectivity index (χ2v) is 6.27. The van der Waals surface area contributed by atoms with Crippen LogP contribution in [0.1, 0.15) is 24.7 Å². The van der Waals surface area contributed by atoms with Crippen molar-refractivity contribution in [3.63, 3.8) is 0 Å². The fourth-order valence-corrected chi connectivity index (χ4v) is 3.37. The molecule has 0 aliphatic rings. The van der Waals surface area contributed by atoms with E-state index in [4.69, 9.17) is 0 Å². The van der Waals surface area contributed by atoms with E-state index >= 15 is 0 Å². The van der Waals surface area contributed by atoms with Crippen LogP contribution in [-0.4, -0.2) is 19.7 Å². The third-order valence-electron chi connectivity index (χ3n) is 3.52. The zero-order valence-electron chi connectivity index (χ0n) is 12.7. The van der Waals surface area contributed by atoms with E-state index in [-0.39, 0.29) is 0 Å². The maximum absolute atomic E-state index is 4.38. The van der Waals surface area contributed by atoms with Gasteiger partial charge in [-0.25, -0.2) is 0 Å². The topological polar surface area (TPSA) is 43.6 Å². The molecule has 2 aromatic heterocycles. The predicted molar refractivity (Wildman–Crippen MR) is 89.6 cm³/mol. The molecule has 3 rings (SSSR count). The molecule has 0 aliphatic heterocycles. The number of nitrogens with zero attached hydrogens (tertiary/aromatic N) is 4. The lowest BCUT2D eigenvalue weighted by Gasteiger charge is -2.12. The van der Waals surface area contributed by atoms with E-state index in [1.165, 1.54) is 5.56 Å². The van der Waals surface area contributed by atoms with Gasteiger partial charge >= 0.3 is 0 Å². The number of pyridine rings is 1. The highest BCUT2D eigenvalue weighted by atomic mass is 32.2. The van der Waals surface area contributed by atoms with Gasteiger partial charge in [-0.1, -0.05) is 42.1 Å².